The number of rotatable bonds is 4. The summed E-state index contributed by atoms with van der Waals surface area (Å²) in [5.41, 5.74) is -0.0742. The zero-order chi connectivity index (χ0) is 24.1. The zero-order valence-electron chi connectivity index (χ0n) is 19.0. The molecular formula is C23H31N3O7. The van der Waals surface area contributed by atoms with Crippen molar-refractivity contribution in [2.24, 2.45) is 5.92 Å². The maximum atomic E-state index is 13.4. The number of hydrogen-bond donors (Lipinski definition) is 6. The third-order valence-electron chi connectivity index (χ3n) is 6.69. The number of fused-ring (bicyclic) bond motifs is 2. The second kappa shape index (κ2) is 8.71. The molecule has 0 aromatic carbocycles. The highest BCUT2D eigenvalue weighted by Gasteiger charge is 2.49. The molecule has 0 saturated carbocycles. The monoisotopic (exact) mass is 461 g/mol. The van der Waals surface area contributed by atoms with Gasteiger partial charge in [-0.1, -0.05) is 12.2 Å². The van der Waals surface area contributed by atoms with Crippen LogP contribution in [-0.2, 0) is 9.47 Å². The molecule has 0 amide bonds. The van der Waals surface area contributed by atoms with Crippen LogP contribution in [0.25, 0.3) is 6.08 Å². The van der Waals surface area contributed by atoms with E-state index in [1.165, 1.54) is 11.5 Å². The van der Waals surface area contributed by atoms with E-state index in [-0.39, 0.29) is 24.0 Å². The topological polar surface area (TPSA) is 145 Å². The minimum absolute atomic E-state index is 0.0897. The molecule has 0 spiro atoms. The standard InChI is InChI=1S/C23H31N3O7/c1-5-6-12-7-14-20(29)25-17-13(21(30)26(14)9-12)8-15(11(2)18(17)27)33-22-19(28)23(3,31)16(24-4)10-32-22/h5-9,13,16-17,19-20,22,24-25,27-29,31H,10H2,1-4H3/b6-5+. The van der Waals surface area contributed by atoms with Gasteiger partial charge in [-0.15, -0.1) is 0 Å². The fourth-order valence-corrected chi connectivity index (χ4v) is 4.57. The number of hydrogen-bond acceptors (Lipinski definition) is 9. The molecule has 7 atom stereocenters. The summed E-state index contributed by atoms with van der Waals surface area (Å²) in [5.74, 6) is -1.25. The molecule has 1 aliphatic carbocycles. The summed E-state index contributed by atoms with van der Waals surface area (Å²) in [6.07, 6.45) is 3.05. The van der Waals surface area contributed by atoms with Crippen molar-refractivity contribution in [1.82, 2.24) is 15.2 Å². The number of allylic oxidation sites excluding steroid dienone is 2. The van der Waals surface area contributed by atoms with Gasteiger partial charge in [-0.3, -0.25) is 14.7 Å². The lowest BCUT2D eigenvalue weighted by molar-refractivity contribution is -0.265. The minimum Gasteiger partial charge on any atom is -0.510 e. The van der Waals surface area contributed by atoms with Crippen LogP contribution < -0.4 is 10.6 Å². The summed E-state index contributed by atoms with van der Waals surface area (Å²) in [5, 5.41) is 48.8. The van der Waals surface area contributed by atoms with Crippen LogP contribution in [0.2, 0.25) is 0 Å². The maximum absolute atomic E-state index is 13.4. The predicted octanol–water partition coefficient (Wildman–Crippen LogP) is 0.543. The molecule has 10 heteroatoms. The number of aromatic nitrogens is 1. The molecule has 1 aromatic rings. The van der Waals surface area contributed by atoms with Crippen LogP contribution in [0.5, 0.6) is 0 Å². The average Bonchev–Trinajstić information content (AvgIpc) is 3.16. The number of ether oxygens (including phenoxy) is 2. The van der Waals surface area contributed by atoms with E-state index >= 15 is 0 Å². The van der Waals surface area contributed by atoms with Gasteiger partial charge >= 0.3 is 0 Å². The van der Waals surface area contributed by atoms with E-state index in [1.54, 1.807) is 32.3 Å². The Balaban J connectivity index is 1.66. The van der Waals surface area contributed by atoms with E-state index in [0.717, 1.165) is 5.56 Å². The van der Waals surface area contributed by atoms with Crippen LogP contribution in [-0.4, -0.2) is 74.6 Å². The summed E-state index contributed by atoms with van der Waals surface area (Å²) >= 11 is 0. The van der Waals surface area contributed by atoms with Crippen LogP contribution >= 0.6 is 0 Å². The number of carbonyl (C=O) groups excluding carboxylic acids is 1. The Morgan fingerprint density at radius 2 is 2.12 bits per heavy atom. The number of nitrogens with one attached hydrogen (secondary N) is 2. The van der Waals surface area contributed by atoms with Crippen LogP contribution in [0.1, 0.15) is 43.1 Å². The summed E-state index contributed by atoms with van der Waals surface area (Å²) in [7, 11) is 1.65. The average molecular weight is 462 g/mol. The largest absolute Gasteiger partial charge is 0.510 e. The Hall–Kier alpha value is -2.47. The molecule has 0 bridgehead atoms. The van der Waals surface area contributed by atoms with Crippen LogP contribution in [0.4, 0.5) is 0 Å². The van der Waals surface area contributed by atoms with Gasteiger partial charge in [0.15, 0.2) is 0 Å². The smallest absolute Gasteiger partial charge is 0.240 e. The normalized spacial score (nSPS) is 36.9. The second-order valence-corrected chi connectivity index (χ2v) is 8.85. The molecular weight excluding hydrogens is 430 g/mol. The van der Waals surface area contributed by atoms with Gasteiger partial charge in [-0.25, -0.2) is 0 Å². The van der Waals surface area contributed by atoms with E-state index < -0.39 is 42.2 Å². The first-order chi connectivity index (χ1) is 15.6. The van der Waals surface area contributed by atoms with Gasteiger partial charge in [0.25, 0.3) is 0 Å². The molecule has 33 heavy (non-hydrogen) atoms. The van der Waals surface area contributed by atoms with Crippen molar-refractivity contribution >= 4 is 12.0 Å². The fraction of sp³-hybridized carbons (Fsp3) is 0.522. The number of likely N-dealkylation sites (N-methyl/N-ethyl adjacent to an activating group) is 1. The Kier molecular flexibility index (Phi) is 6.25. The third kappa shape index (κ3) is 3.92. The van der Waals surface area contributed by atoms with Gasteiger partial charge in [0.05, 0.1) is 30.3 Å². The lowest BCUT2D eigenvalue weighted by Gasteiger charge is -2.44. The Morgan fingerprint density at radius 3 is 2.79 bits per heavy atom. The van der Waals surface area contributed by atoms with Gasteiger partial charge in [-0.2, -0.15) is 0 Å². The first kappa shape index (κ1) is 23.7. The van der Waals surface area contributed by atoms with E-state index in [1.807, 2.05) is 19.1 Å². The first-order valence-corrected chi connectivity index (χ1v) is 10.9. The van der Waals surface area contributed by atoms with E-state index in [9.17, 15) is 25.2 Å². The fourth-order valence-electron chi connectivity index (χ4n) is 4.57. The molecule has 6 N–H and O–H groups in total. The van der Waals surface area contributed by atoms with Crippen molar-refractivity contribution in [2.75, 3.05) is 13.7 Å². The molecule has 4 rings (SSSR count). The number of nitrogens with zero attached hydrogens (tertiary/aromatic N) is 1. The first-order valence-electron chi connectivity index (χ1n) is 10.9. The highest BCUT2D eigenvalue weighted by atomic mass is 16.7. The molecule has 3 heterocycles. The maximum Gasteiger partial charge on any atom is 0.240 e. The molecule has 180 valence electrons. The van der Waals surface area contributed by atoms with Crippen molar-refractivity contribution in [3.8, 4) is 0 Å². The zero-order valence-corrected chi connectivity index (χ0v) is 19.0. The quantitative estimate of drug-likeness (QED) is 0.378. The SMILES string of the molecule is C/C=C/c1cc2n(c1)C(=O)C1C=C(OC3OCC(NC)C(C)(O)C3O)C(C)=C(O)C1NC2O. The highest BCUT2D eigenvalue weighted by molar-refractivity contribution is 5.87. The van der Waals surface area contributed by atoms with Gasteiger partial charge in [0.1, 0.15) is 29.5 Å². The van der Waals surface area contributed by atoms with Crippen molar-refractivity contribution in [3.05, 3.63) is 52.8 Å². The van der Waals surface area contributed by atoms with Gasteiger partial charge < -0.3 is 35.2 Å². The molecule has 7 unspecified atom stereocenters. The van der Waals surface area contributed by atoms with Crippen molar-refractivity contribution < 1.29 is 34.7 Å². The molecule has 0 radical (unpaired) electrons. The lowest BCUT2D eigenvalue weighted by atomic mass is 9.87. The number of carbonyl (C=O) groups is 1. The minimum atomic E-state index is -1.53. The summed E-state index contributed by atoms with van der Waals surface area (Å²) in [6.45, 7) is 5.03. The van der Waals surface area contributed by atoms with Gasteiger partial charge in [0.2, 0.25) is 12.2 Å². The summed E-state index contributed by atoms with van der Waals surface area (Å²) in [6, 6.07) is 0.336. The molecule has 3 aliphatic rings. The van der Waals surface area contributed by atoms with E-state index in [2.05, 4.69) is 10.6 Å². The van der Waals surface area contributed by atoms with E-state index in [4.69, 9.17) is 9.47 Å². The number of aliphatic hydroxyl groups excluding tert-OH is 3. The van der Waals surface area contributed by atoms with Crippen LogP contribution in [0.3, 0.4) is 0 Å². The second-order valence-electron chi connectivity index (χ2n) is 8.85. The summed E-state index contributed by atoms with van der Waals surface area (Å²) in [4.78, 5) is 13.4. The van der Waals surface area contributed by atoms with Crippen molar-refractivity contribution in [3.63, 3.8) is 0 Å². The Bertz CT molecular complexity index is 1030. The lowest BCUT2D eigenvalue weighted by Crippen LogP contribution is -2.65. The molecule has 10 nitrogen and oxygen atoms in total. The summed E-state index contributed by atoms with van der Waals surface area (Å²) < 4.78 is 12.9. The molecule has 1 saturated heterocycles. The highest BCUT2D eigenvalue weighted by Crippen LogP contribution is 2.36. The van der Waals surface area contributed by atoms with Gasteiger partial charge in [0, 0.05) is 11.8 Å². The van der Waals surface area contributed by atoms with E-state index in [0.29, 0.717) is 11.3 Å². The number of aliphatic hydroxyl groups is 4. The third-order valence-corrected chi connectivity index (χ3v) is 6.69. The predicted molar refractivity (Wildman–Crippen MR) is 119 cm³/mol. The van der Waals surface area contributed by atoms with Crippen molar-refractivity contribution in [1.29, 1.82) is 0 Å². The van der Waals surface area contributed by atoms with Gasteiger partial charge in [-0.05, 0) is 45.5 Å². The molecule has 2 aliphatic heterocycles. The molecule has 1 aromatic heterocycles. The van der Waals surface area contributed by atoms with Crippen LogP contribution in [0.15, 0.2) is 41.5 Å². The Morgan fingerprint density at radius 1 is 1.39 bits per heavy atom. The van der Waals surface area contributed by atoms with Crippen LogP contribution in [0, 0.1) is 5.92 Å². The van der Waals surface area contributed by atoms with Crippen molar-refractivity contribution in [2.45, 2.75) is 57.1 Å². The molecule has 1 fully saturated rings. The Labute approximate surface area is 191 Å².